The van der Waals surface area contributed by atoms with Crippen molar-refractivity contribution in [3.05, 3.63) is 64.7 Å². The van der Waals surface area contributed by atoms with Gasteiger partial charge in [0.1, 0.15) is 6.54 Å². The zero-order chi connectivity index (χ0) is 17.3. The van der Waals surface area contributed by atoms with Gasteiger partial charge in [-0.1, -0.05) is 24.3 Å². The maximum atomic E-state index is 12.6. The second-order valence-electron chi connectivity index (χ2n) is 5.25. The first-order chi connectivity index (χ1) is 11.5. The highest BCUT2D eigenvalue weighted by atomic mass is 16.2. The molecule has 0 radical (unpaired) electrons. The second kappa shape index (κ2) is 5.96. The lowest BCUT2D eigenvalue weighted by atomic mass is 9.84. The van der Waals surface area contributed by atoms with Gasteiger partial charge in [0, 0.05) is 27.9 Å². The number of amides is 1. The van der Waals surface area contributed by atoms with E-state index in [-0.39, 0.29) is 29.6 Å². The number of carbonyl (C=O) groups is 3. The number of hydrogen-bond acceptors (Lipinski definition) is 4. The molecule has 7 nitrogen and oxygen atoms in total. The second-order valence-corrected chi connectivity index (χ2v) is 5.25. The zero-order valence-corrected chi connectivity index (χ0v) is 12.6. The monoisotopic (exact) mass is 322 g/mol. The zero-order valence-electron chi connectivity index (χ0n) is 12.6. The molecule has 120 valence electrons. The van der Waals surface area contributed by atoms with E-state index in [2.05, 4.69) is 10.3 Å². The number of benzene rings is 2. The molecule has 2 aromatic rings. The van der Waals surface area contributed by atoms with Crippen LogP contribution in [0.5, 0.6) is 0 Å². The number of ketones is 2. The Morgan fingerprint density at radius 2 is 1.50 bits per heavy atom. The molecule has 24 heavy (non-hydrogen) atoms. The van der Waals surface area contributed by atoms with Crippen molar-refractivity contribution in [1.29, 1.82) is 0 Å². The summed E-state index contributed by atoms with van der Waals surface area (Å²) in [7, 11) is 0. The van der Waals surface area contributed by atoms with Crippen LogP contribution in [0.25, 0.3) is 0 Å². The van der Waals surface area contributed by atoms with E-state index in [0.29, 0.717) is 22.4 Å². The summed E-state index contributed by atoms with van der Waals surface area (Å²) in [6.45, 7) is -0.227. The first kappa shape index (κ1) is 15.4. The van der Waals surface area contributed by atoms with Gasteiger partial charge in [-0.25, -0.2) is 4.99 Å². The first-order valence-corrected chi connectivity index (χ1v) is 7.15. The summed E-state index contributed by atoms with van der Waals surface area (Å²) in [5, 5.41) is 2.59. The lowest BCUT2D eigenvalue weighted by Crippen LogP contribution is -2.26. The molecule has 0 unspecified atom stereocenters. The van der Waals surface area contributed by atoms with E-state index in [4.69, 9.17) is 11.5 Å². The summed E-state index contributed by atoms with van der Waals surface area (Å²) in [5.74, 6) is -1.08. The Bertz CT molecular complexity index is 898. The Balaban J connectivity index is 1.91. The topological polar surface area (TPSA) is 128 Å². The summed E-state index contributed by atoms with van der Waals surface area (Å²) >= 11 is 0. The van der Waals surface area contributed by atoms with Crippen molar-refractivity contribution in [3.8, 4) is 0 Å². The fourth-order valence-electron chi connectivity index (χ4n) is 2.54. The molecule has 1 aliphatic rings. The van der Waals surface area contributed by atoms with Crippen LogP contribution < -0.4 is 16.8 Å². The van der Waals surface area contributed by atoms with Gasteiger partial charge in [-0.3, -0.25) is 14.4 Å². The van der Waals surface area contributed by atoms with Crippen molar-refractivity contribution in [1.82, 2.24) is 0 Å². The van der Waals surface area contributed by atoms with E-state index in [1.807, 2.05) is 0 Å². The predicted octanol–water partition coefficient (Wildman–Crippen LogP) is 0.674. The SMILES string of the molecule is NC(N)=NCC(=O)Nc1ccc2c(c1)C(=O)c1ccccc1C2=O. The van der Waals surface area contributed by atoms with Crippen molar-refractivity contribution in [2.24, 2.45) is 16.5 Å². The summed E-state index contributed by atoms with van der Waals surface area (Å²) in [4.78, 5) is 40.4. The van der Waals surface area contributed by atoms with Gasteiger partial charge < -0.3 is 16.8 Å². The lowest BCUT2D eigenvalue weighted by molar-refractivity contribution is -0.114. The Hall–Kier alpha value is -3.48. The predicted molar refractivity (Wildman–Crippen MR) is 89.1 cm³/mol. The molecule has 0 saturated heterocycles. The number of aliphatic imine (C=N–C) groups is 1. The van der Waals surface area contributed by atoms with E-state index < -0.39 is 5.91 Å². The van der Waals surface area contributed by atoms with Gasteiger partial charge in [-0.15, -0.1) is 0 Å². The van der Waals surface area contributed by atoms with Gasteiger partial charge in [-0.2, -0.15) is 0 Å². The van der Waals surface area contributed by atoms with Crippen LogP contribution in [0.2, 0.25) is 0 Å². The average Bonchev–Trinajstić information content (AvgIpc) is 2.58. The smallest absolute Gasteiger partial charge is 0.246 e. The standard InChI is InChI=1S/C17H14N4O3/c18-17(19)20-8-14(22)21-9-5-6-12-13(7-9)16(24)11-4-2-1-3-10(11)15(12)23/h1-7H,8H2,(H,21,22)(H4,18,19,20). The normalized spacial score (nSPS) is 12.2. The van der Waals surface area contributed by atoms with Gasteiger partial charge in [0.15, 0.2) is 17.5 Å². The molecule has 0 saturated carbocycles. The third-order valence-electron chi connectivity index (χ3n) is 3.61. The maximum absolute atomic E-state index is 12.6. The number of nitrogens with two attached hydrogens (primary N) is 2. The van der Waals surface area contributed by atoms with Gasteiger partial charge in [0.05, 0.1) is 0 Å². The molecule has 0 aromatic heterocycles. The van der Waals surface area contributed by atoms with E-state index in [0.717, 1.165) is 0 Å². The lowest BCUT2D eigenvalue weighted by Gasteiger charge is -2.18. The van der Waals surface area contributed by atoms with E-state index in [1.165, 1.54) is 12.1 Å². The Morgan fingerprint density at radius 3 is 2.12 bits per heavy atom. The third kappa shape index (κ3) is 2.74. The summed E-state index contributed by atoms with van der Waals surface area (Å²) in [6, 6.07) is 11.2. The van der Waals surface area contributed by atoms with Crippen LogP contribution in [0.15, 0.2) is 47.5 Å². The maximum Gasteiger partial charge on any atom is 0.246 e. The van der Waals surface area contributed by atoms with Crippen LogP contribution in [0.4, 0.5) is 5.69 Å². The van der Waals surface area contributed by atoms with Crippen LogP contribution in [0.3, 0.4) is 0 Å². The Labute approximate surface area is 137 Å². The van der Waals surface area contributed by atoms with Crippen LogP contribution in [0, 0.1) is 0 Å². The number of fused-ring (bicyclic) bond motifs is 2. The first-order valence-electron chi connectivity index (χ1n) is 7.15. The molecule has 3 rings (SSSR count). The minimum Gasteiger partial charge on any atom is -0.370 e. The highest BCUT2D eigenvalue weighted by Gasteiger charge is 2.29. The van der Waals surface area contributed by atoms with Gasteiger partial charge in [0.2, 0.25) is 5.91 Å². The number of carbonyl (C=O) groups excluding carboxylic acids is 3. The van der Waals surface area contributed by atoms with E-state index >= 15 is 0 Å². The van der Waals surface area contributed by atoms with Gasteiger partial charge in [-0.05, 0) is 18.2 Å². The molecule has 2 aromatic carbocycles. The number of nitrogens with zero attached hydrogens (tertiary/aromatic N) is 1. The highest BCUT2D eigenvalue weighted by Crippen LogP contribution is 2.29. The van der Waals surface area contributed by atoms with E-state index in [9.17, 15) is 14.4 Å². The fourth-order valence-corrected chi connectivity index (χ4v) is 2.54. The van der Waals surface area contributed by atoms with Crippen molar-refractivity contribution in [3.63, 3.8) is 0 Å². The molecule has 0 atom stereocenters. The van der Waals surface area contributed by atoms with Crippen LogP contribution in [-0.2, 0) is 4.79 Å². The number of nitrogens with one attached hydrogen (secondary N) is 1. The summed E-state index contributed by atoms with van der Waals surface area (Å²) in [5.41, 5.74) is 12.1. The van der Waals surface area contributed by atoms with Crippen LogP contribution in [-0.4, -0.2) is 30.0 Å². The molecular formula is C17H14N4O3. The van der Waals surface area contributed by atoms with Crippen molar-refractivity contribution in [2.45, 2.75) is 0 Å². The number of rotatable bonds is 3. The number of hydrogen-bond donors (Lipinski definition) is 3. The van der Waals surface area contributed by atoms with Gasteiger partial charge in [0.25, 0.3) is 0 Å². The average molecular weight is 322 g/mol. The fraction of sp³-hybridized carbons (Fsp3) is 0.0588. The Kier molecular flexibility index (Phi) is 3.83. The third-order valence-corrected chi connectivity index (χ3v) is 3.61. The van der Waals surface area contributed by atoms with Crippen molar-refractivity contribution < 1.29 is 14.4 Å². The number of guanidine groups is 1. The largest absolute Gasteiger partial charge is 0.370 e. The molecular weight excluding hydrogens is 308 g/mol. The quantitative estimate of drug-likeness (QED) is 0.482. The minimum absolute atomic E-state index is 0.187. The molecule has 0 heterocycles. The number of anilines is 1. The minimum atomic E-state index is -0.432. The molecule has 5 N–H and O–H groups in total. The van der Waals surface area contributed by atoms with E-state index in [1.54, 1.807) is 30.3 Å². The molecule has 0 bridgehead atoms. The summed E-state index contributed by atoms with van der Waals surface area (Å²) in [6.07, 6.45) is 0. The summed E-state index contributed by atoms with van der Waals surface area (Å²) < 4.78 is 0. The molecule has 1 amide bonds. The Morgan fingerprint density at radius 1 is 0.917 bits per heavy atom. The highest BCUT2D eigenvalue weighted by molar-refractivity contribution is 6.28. The van der Waals surface area contributed by atoms with Gasteiger partial charge >= 0.3 is 0 Å². The molecule has 0 spiro atoms. The van der Waals surface area contributed by atoms with Crippen molar-refractivity contribution in [2.75, 3.05) is 11.9 Å². The molecule has 0 aliphatic heterocycles. The molecule has 7 heteroatoms. The molecule has 0 fully saturated rings. The van der Waals surface area contributed by atoms with Crippen LogP contribution >= 0.6 is 0 Å². The molecule has 1 aliphatic carbocycles. The van der Waals surface area contributed by atoms with Crippen LogP contribution in [0.1, 0.15) is 31.8 Å². The van der Waals surface area contributed by atoms with Crippen molar-refractivity contribution >= 4 is 29.1 Å².